The smallest absolute Gasteiger partial charge is 0.159 e. The van der Waals surface area contributed by atoms with E-state index in [2.05, 4.69) is 11.1 Å². The van der Waals surface area contributed by atoms with Crippen molar-refractivity contribution in [2.24, 2.45) is 0 Å². The third kappa shape index (κ3) is 2.92. The lowest BCUT2D eigenvalue weighted by Gasteiger charge is -2.00. The monoisotopic (exact) mass is 299 g/mol. The molecule has 1 aromatic heterocycles. The van der Waals surface area contributed by atoms with Crippen LogP contribution >= 0.6 is 23.1 Å². The Balaban J connectivity index is 1.71. The summed E-state index contributed by atoms with van der Waals surface area (Å²) in [5.41, 5.74) is 1.83. The van der Waals surface area contributed by atoms with Crippen LogP contribution in [-0.2, 0) is 5.75 Å². The highest BCUT2D eigenvalue weighted by Crippen LogP contribution is 2.28. The van der Waals surface area contributed by atoms with Crippen LogP contribution in [-0.4, -0.2) is 10.8 Å². The summed E-state index contributed by atoms with van der Waals surface area (Å²) in [6.45, 7) is 1.59. The highest BCUT2D eigenvalue weighted by atomic mass is 32.2. The molecule has 20 heavy (non-hydrogen) atoms. The molecule has 0 saturated carbocycles. The van der Waals surface area contributed by atoms with Crippen LogP contribution < -0.4 is 0 Å². The number of aromatic nitrogens is 1. The number of rotatable bonds is 4. The van der Waals surface area contributed by atoms with E-state index in [4.69, 9.17) is 0 Å². The number of hydrogen-bond acceptors (Lipinski definition) is 4. The highest BCUT2D eigenvalue weighted by molar-refractivity contribution is 7.98. The molecule has 0 bridgehead atoms. The van der Waals surface area contributed by atoms with Gasteiger partial charge in [-0.25, -0.2) is 4.98 Å². The predicted octanol–water partition coefficient (Wildman–Crippen LogP) is 4.79. The Morgan fingerprint density at radius 2 is 1.90 bits per heavy atom. The molecule has 0 aliphatic rings. The van der Waals surface area contributed by atoms with E-state index in [9.17, 15) is 4.79 Å². The van der Waals surface area contributed by atoms with Crippen molar-refractivity contribution in [3.63, 3.8) is 0 Å². The van der Waals surface area contributed by atoms with Gasteiger partial charge in [0.05, 0.1) is 16.0 Å². The summed E-state index contributed by atoms with van der Waals surface area (Å²) < 4.78 is 1.23. The van der Waals surface area contributed by atoms with Gasteiger partial charge in [0.25, 0.3) is 0 Å². The molecule has 0 atom stereocenters. The van der Waals surface area contributed by atoms with E-state index >= 15 is 0 Å². The second-order valence-electron chi connectivity index (χ2n) is 4.44. The van der Waals surface area contributed by atoms with Gasteiger partial charge in [-0.15, -0.1) is 23.1 Å². The molecular formula is C16H13NOS2. The lowest BCUT2D eigenvalue weighted by atomic mass is 10.2. The van der Waals surface area contributed by atoms with Crippen molar-refractivity contribution in [2.45, 2.75) is 17.6 Å². The van der Waals surface area contributed by atoms with E-state index in [1.54, 1.807) is 30.0 Å². The summed E-state index contributed by atoms with van der Waals surface area (Å²) in [5, 5.41) is 1.13. The minimum Gasteiger partial charge on any atom is -0.295 e. The SMILES string of the molecule is CC(=O)c1ccc(SCc2nc3ccccc3s2)cc1. The zero-order valence-corrected chi connectivity index (χ0v) is 12.6. The standard InChI is InChI=1S/C16H13NOS2/c1-11(18)12-6-8-13(9-7-12)19-10-16-17-14-4-2-3-5-15(14)20-16/h2-9H,10H2,1H3. The summed E-state index contributed by atoms with van der Waals surface area (Å²) in [5.74, 6) is 0.964. The number of benzene rings is 2. The second-order valence-corrected chi connectivity index (χ2v) is 6.61. The van der Waals surface area contributed by atoms with E-state index in [1.165, 1.54) is 4.70 Å². The first-order chi connectivity index (χ1) is 9.72. The van der Waals surface area contributed by atoms with Crippen LogP contribution in [0.4, 0.5) is 0 Å². The van der Waals surface area contributed by atoms with Gasteiger partial charge >= 0.3 is 0 Å². The summed E-state index contributed by atoms with van der Waals surface area (Å²) in [6, 6.07) is 15.9. The van der Waals surface area contributed by atoms with Crippen molar-refractivity contribution in [2.75, 3.05) is 0 Å². The zero-order valence-electron chi connectivity index (χ0n) is 11.0. The van der Waals surface area contributed by atoms with Crippen molar-refractivity contribution in [3.8, 4) is 0 Å². The van der Waals surface area contributed by atoms with E-state index in [0.717, 1.165) is 26.7 Å². The first kappa shape index (κ1) is 13.3. The molecule has 1 heterocycles. The van der Waals surface area contributed by atoms with E-state index < -0.39 is 0 Å². The number of Topliss-reactive ketones (excluding diaryl/α,β-unsaturated/α-hetero) is 1. The molecule has 3 rings (SSSR count). The van der Waals surface area contributed by atoms with E-state index in [-0.39, 0.29) is 5.78 Å². The number of carbonyl (C=O) groups is 1. The van der Waals surface area contributed by atoms with E-state index in [0.29, 0.717) is 0 Å². The van der Waals surface area contributed by atoms with Gasteiger partial charge in [-0.3, -0.25) is 4.79 Å². The van der Waals surface area contributed by atoms with Gasteiger partial charge in [-0.05, 0) is 31.2 Å². The highest BCUT2D eigenvalue weighted by Gasteiger charge is 2.04. The molecule has 0 unspecified atom stereocenters. The third-order valence-corrected chi connectivity index (χ3v) is 5.20. The molecule has 0 N–H and O–H groups in total. The number of hydrogen-bond donors (Lipinski definition) is 0. The fraction of sp³-hybridized carbons (Fsp3) is 0.125. The van der Waals surface area contributed by atoms with Crippen LogP contribution in [0.5, 0.6) is 0 Å². The van der Waals surface area contributed by atoms with Gasteiger partial charge in [-0.1, -0.05) is 24.3 Å². The van der Waals surface area contributed by atoms with Crippen molar-refractivity contribution in [3.05, 3.63) is 59.1 Å². The number of thioether (sulfide) groups is 1. The molecule has 0 aliphatic carbocycles. The Morgan fingerprint density at radius 1 is 1.15 bits per heavy atom. The van der Waals surface area contributed by atoms with E-state index in [1.807, 2.05) is 42.5 Å². The number of para-hydroxylation sites is 1. The summed E-state index contributed by atoms with van der Waals surface area (Å²) in [4.78, 5) is 17.0. The van der Waals surface area contributed by atoms with Crippen LogP contribution in [0.25, 0.3) is 10.2 Å². The number of ketones is 1. The Labute approximate surface area is 125 Å². The molecule has 0 fully saturated rings. The number of fused-ring (bicyclic) bond motifs is 1. The quantitative estimate of drug-likeness (QED) is 0.512. The van der Waals surface area contributed by atoms with Gasteiger partial charge in [-0.2, -0.15) is 0 Å². The van der Waals surface area contributed by atoms with Crippen LogP contribution in [0.1, 0.15) is 22.3 Å². The third-order valence-electron chi connectivity index (χ3n) is 2.96. The number of nitrogens with zero attached hydrogens (tertiary/aromatic N) is 1. The fourth-order valence-electron chi connectivity index (χ4n) is 1.91. The Morgan fingerprint density at radius 3 is 2.60 bits per heavy atom. The Hall–Kier alpha value is -1.65. The van der Waals surface area contributed by atoms with Crippen LogP contribution in [0.15, 0.2) is 53.4 Å². The van der Waals surface area contributed by atoms with Crippen LogP contribution in [0, 0.1) is 0 Å². The Kier molecular flexibility index (Phi) is 3.85. The molecule has 2 nitrogen and oxygen atoms in total. The minimum atomic E-state index is 0.104. The van der Waals surface area contributed by atoms with Gasteiger partial charge in [0.2, 0.25) is 0 Å². The van der Waals surface area contributed by atoms with Crippen molar-refractivity contribution in [1.82, 2.24) is 4.98 Å². The fourth-order valence-corrected chi connectivity index (χ4v) is 3.77. The Bertz CT molecular complexity index is 714. The maximum Gasteiger partial charge on any atom is 0.159 e. The molecule has 0 spiro atoms. The molecule has 3 aromatic rings. The maximum atomic E-state index is 11.2. The topological polar surface area (TPSA) is 30.0 Å². The number of thiazole rings is 1. The first-order valence-electron chi connectivity index (χ1n) is 6.30. The normalized spacial score (nSPS) is 10.8. The van der Waals surface area contributed by atoms with Crippen LogP contribution in [0.3, 0.4) is 0 Å². The summed E-state index contributed by atoms with van der Waals surface area (Å²) in [7, 11) is 0. The van der Waals surface area contributed by atoms with Gasteiger partial charge in [0.1, 0.15) is 5.01 Å². The van der Waals surface area contributed by atoms with Crippen molar-refractivity contribution < 1.29 is 4.79 Å². The molecule has 0 amide bonds. The van der Waals surface area contributed by atoms with Crippen molar-refractivity contribution in [1.29, 1.82) is 0 Å². The second kappa shape index (κ2) is 5.77. The number of carbonyl (C=O) groups excluding carboxylic acids is 1. The predicted molar refractivity (Wildman–Crippen MR) is 85.6 cm³/mol. The largest absolute Gasteiger partial charge is 0.295 e. The van der Waals surface area contributed by atoms with Gasteiger partial charge in [0.15, 0.2) is 5.78 Å². The molecule has 0 radical (unpaired) electrons. The van der Waals surface area contributed by atoms with Crippen LogP contribution in [0.2, 0.25) is 0 Å². The molecule has 0 saturated heterocycles. The zero-order chi connectivity index (χ0) is 13.9. The van der Waals surface area contributed by atoms with Gasteiger partial charge in [0, 0.05) is 10.5 Å². The first-order valence-corrected chi connectivity index (χ1v) is 8.11. The average molecular weight is 299 g/mol. The lowest BCUT2D eigenvalue weighted by Crippen LogP contribution is -1.90. The maximum absolute atomic E-state index is 11.2. The summed E-state index contributed by atoms with van der Waals surface area (Å²) >= 11 is 3.48. The van der Waals surface area contributed by atoms with Gasteiger partial charge < -0.3 is 0 Å². The molecule has 100 valence electrons. The molecule has 2 aromatic carbocycles. The minimum absolute atomic E-state index is 0.104. The summed E-state index contributed by atoms with van der Waals surface area (Å²) in [6.07, 6.45) is 0. The molecule has 4 heteroatoms. The molecular weight excluding hydrogens is 286 g/mol. The van der Waals surface area contributed by atoms with Crippen molar-refractivity contribution >= 4 is 39.1 Å². The lowest BCUT2D eigenvalue weighted by molar-refractivity contribution is 0.101. The molecule has 0 aliphatic heterocycles. The average Bonchev–Trinajstić information content (AvgIpc) is 2.88.